The average molecular weight is 389 g/mol. The van der Waals surface area contributed by atoms with Crippen molar-refractivity contribution < 1.29 is 19.1 Å². The second-order valence-electron chi connectivity index (χ2n) is 6.43. The molecule has 0 fully saturated rings. The van der Waals surface area contributed by atoms with E-state index in [4.69, 9.17) is 9.47 Å². The van der Waals surface area contributed by atoms with Crippen LogP contribution < -0.4 is 20.3 Å². The van der Waals surface area contributed by atoms with Crippen molar-refractivity contribution in [2.24, 2.45) is 4.99 Å². The number of nitrogens with one attached hydrogen (secondary N) is 1. The van der Waals surface area contributed by atoms with Gasteiger partial charge in [0.15, 0.2) is 11.5 Å². The lowest BCUT2D eigenvalue weighted by molar-refractivity contribution is -0.117. The van der Waals surface area contributed by atoms with E-state index in [1.807, 2.05) is 53.2 Å². The number of fused-ring (bicyclic) bond motifs is 1. The Bertz CT molecular complexity index is 1110. The first kappa shape index (κ1) is 18.5. The van der Waals surface area contributed by atoms with Crippen LogP contribution in [0.15, 0.2) is 77.9 Å². The molecule has 0 radical (unpaired) electrons. The van der Waals surface area contributed by atoms with E-state index in [-0.39, 0.29) is 19.2 Å². The van der Waals surface area contributed by atoms with Crippen molar-refractivity contribution in [3.63, 3.8) is 0 Å². The third-order valence-electron chi connectivity index (χ3n) is 4.39. The van der Waals surface area contributed by atoms with Crippen molar-refractivity contribution in [1.82, 2.24) is 9.88 Å². The Labute approximate surface area is 167 Å². The number of aromatic nitrogens is 1. The molecule has 0 unspecified atom stereocenters. The average Bonchev–Trinajstić information content (AvgIpc) is 3.22. The summed E-state index contributed by atoms with van der Waals surface area (Å²) >= 11 is 0. The van der Waals surface area contributed by atoms with Crippen LogP contribution in [0.3, 0.4) is 0 Å². The molecule has 0 atom stereocenters. The summed E-state index contributed by atoms with van der Waals surface area (Å²) < 4.78 is 12.4. The summed E-state index contributed by atoms with van der Waals surface area (Å²) in [5.41, 5.74) is 2.02. The standard InChI is InChI=1S/C22H19N3O4/c26-21(13-23-22(27)17-9-10-18-19(12-17)29-15-28-18)24-20-8-4-5-11-25(20)14-16-6-2-1-3-7-16/h1-12H,13-15H2,(H,23,27). The minimum Gasteiger partial charge on any atom is -0.454 e. The lowest BCUT2D eigenvalue weighted by atomic mass is 10.2. The molecule has 1 aromatic heterocycles. The molecule has 1 aliphatic heterocycles. The van der Waals surface area contributed by atoms with Gasteiger partial charge >= 0.3 is 0 Å². The summed E-state index contributed by atoms with van der Waals surface area (Å²) in [6, 6.07) is 20.2. The van der Waals surface area contributed by atoms with Crippen LogP contribution in [-0.4, -0.2) is 29.7 Å². The summed E-state index contributed by atoms with van der Waals surface area (Å²) in [6.07, 6.45) is 1.87. The first-order valence-electron chi connectivity index (χ1n) is 9.14. The number of amides is 2. The van der Waals surface area contributed by atoms with Crippen molar-refractivity contribution in [1.29, 1.82) is 0 Å². The van der Waals surface area contributed by atoms with Gasteiger partial charge in [-0.25, -0.2) is 0 Å². The van der Waals surface area contributed by atoms with Gasteiger partial charge in [0, 0.05) is 18.3 Å². The predicted octanol–water partition coefficient (Wildman–Crippen LogP) is 2.12. The summed E-state index contributed by atoms with van der Waals surface area (Å²) in [7, 11) is 0. The highest BCUT2D eigenvalue weighted by molar-refractivity contribution is 5.97. The van der Waals surface area contributed by atoms with Gasteiger partial charge in [-0.1, -0.05) is 36.4 Å². The number of carbonyl (C=O) groups excluding carboxylic acids is 2. The van der Waals surface area contributed by atoms with E-state index in [1.165, 1.54) is 0 Å². The van der Waals surface area contributed by atoms with E-state index < -0.39 is 5.91 Å². The van der Waals surface area contributed by atoms with Crippen molar-refractivity contribution in [3.8, 4) is 11.5 Å². The molecule has 0 bridgehead atoms. The zero-order valence-electron chi connectivity index (χ0n) is 15.6. The number of hydrogen-bond donors (Lipinski definition) is 1. The molecule has 0 spiro atoms. The third kappa shape index (κ3) is 4.52. The van der Waals surface area contributed by atoms with Crippen LogP contribution in [0.2, 0.25) is 0 Å². The SMILES string of the molecule is O=C(CNC(=O)c1ccc2c(c1)OCO2)N=c1ccccn1Cc1ccccc1. The van der Waals surface area contributed by atoms with Crippen LogP contribution >= 0.6 is 0 Å². The van der Waals surface area contributed by atoms with Gasteiger partial charge in [-0.3, -0.25) is 9.59 Å². The van der Waals surface area contributed by atoms with Gasteiger partial charge in [-0.2, -0.15) is 4.99 Å². The number of pyridine rings is 1. The molecule has 0 saturated carbocycles. The fraction of sp³-hybridized carbons (Fsp3) is 0.136. The number of rotatable bonds is 5. The molecule has 1 N–H and O–H groups in total. The molecule has 3 aromatic rings. The summed E-state index contributed by atoms with van der Waals surface area (Å²) in [4.78, 5) is 28.7. The third-order valence-corrected chi connectivity index (χ3v) is 4.39. The molecule has 146 valence electrons. The molecule has 0 saturated heterocycles. The summed E-state index contributed by atoms with van der Waals surface area (Å²) in [6.45, 7) is 0.530. The molecule has 4 rings (SSSR count). The highest BCUT2D eigenvalue weighted by Crippen LogP contribution is 2.32. The van der Waals surface area contributed by atoms with Gasteiger partial charge in [0.25, 0.3) is 11.8 Å². The monoisotopic (exact) mass is 389 g/mol. The molecule has 29 heavy (non-hydrogen) atoms. The lowest BCUT2D eigenvalue weighted by Gasteiger charge is -2.07. The fourth-order valence-corrected chi connectivity index (χ4v) is 2.95. The van der Waals surface area contributed by atoms with Crippen LogP contribution in [0.5, 0.6) is 11.5 Å². The second-order valence-corrected chi connectivity index (χ2v) is 6.43. The highest BCUT2D eigenvalue weighted by Gasteiger charge is 2.16. The number of carbonyl (C=O) groups is 2. The molecular formula is C22H19N3O4. The molecule has 1 aliphatic rings. The van der Waals surface area contributed by atoms with Gasteiger partial charge in [0.2, 0.25) is 6.79 Å². The molecule has 0 aliphatic carbocycles. The largest absolute Gasteiger partial charge is 0.454 e. The van der Waals surface area contributed by atoms with E-state index >= 15 is 0 Å². The molecular weight excluding hydrogens is 370 g/mol. The van der Waals surface area contributed by atoms with Crippen molar-refractivity contribution in [2.45, 2.75) is 6.54 Å². The molecule has 7 nitrogen and oxygen atoms in total. The lowest BCUT2D eigenvalue weighted by Crippen LogP contribution is -2.30. The van der Waals surface area contributed by atoms with E-state index in [2.05, 4.69) is 10.3 Å². The molecule has 2 aromatic carbocycles. The molecule has 2 heterocycles. The van der Waals surface area contributed by atoms with Crippen LogP contribution in [0.25, 0.3) is 0 Å². The molecule has 2 amide bonds. The van der Waals surface area contributed by atoms with Gasteiger partial charge in [-0.05, 0) is 35.9 Å². The van der Waals surface area contributed by atoms with E-state index in [1.54, 1.807) is 24.3 Å². The Morgan fingerprint density at radius 1 is 0.966 bits per heavy atom. The Kier molecular flexibility index (Phi) is 5.38. The first-order chi connectivity index (χ1) is 14.2. The van der Waals surface area contributed by atoms with Crippen LogP contribution in [0.1, 0.15) is 15.9 Å². The zero-order valence-corrected chi connectivity index (χ0v) is 15.6. The Morgan fingerprint density at radius 3 is 2.62 bits per heavy atom. The number of hydrogen-bond acceptors (Lipinski definition) is 4. The maximum Gasteiger partial charge on any atom is 0.267 e. The van der Waals surface area contributed by atoms with Gasteiger partial charge in [-0.15, -0.1) is 0 Å². The smallest absolute Gasteiger partial charge is 0.267 e. The predicted molar refractivity (Wildman–Crippen MR) is 105 cm³/mol. The Morgan fingerprint density at radius 2 is 1.76 bits per heavy atom. The zero-order chi connectivity index (χ0) is 20.1. The normalized spacial score (nSPS) is 12.6. The van der Waals surface area contributed by atoms with Gasteiger partial charge < -0.3 is 19.4 Å². The van der Waals surface area contributed by atoms with Crippen molar-refractivity contribution in [3.05, 3.63) is 89.5 Å². The topological polar surface area (TPSA) is 81.9 Å². The van der Waals surface area contributed by atoms with Crippen molar-refractivity contribution >= 4 is 11.8 Å². The van der Waals surface area contributed by atoms with E-state index in [0.29, 0.717) is 29.1 Å². The number of benzene rings is 2. The second kappa shape index (κ2) is 8.43. The maximum atomic E-state index is 12.3. The van der Waals surface area contributed by atoms with E-state index in [0.717, 1.165) is 5.56 Å². The Hall–Kier alpha value is -3.87. The van der Waals surface area contributed by atoms with Crippen LogP contribution in [0.4, 0.5) is 0 Å². The minimum absolute atomic E-state index is 0.137. The first-order valence-corrected chi connectivity index (χ1v) is 9.14. The van der Waals surface area contributed by atoms with Crippen LogP contribution in [-0.2, 0) is 11.3 Å². The summed E-state index contributed by atoms with van der Waals surface area (Å²) in [5.74, 6) is 0.295. The summed E-state index contributed by atoms with van der Waals surface area (Å²) in [5, 5.41) is 2.59. The number of nitrogens with zero attached hydrogens (tertiary/aromatic N) is 2. The van der Waals surface area contributed by atoms with Crippen LogP contribution in [0, 0.1) is 0 Å². The molecule has 7 heteroatoms. The maximum absolute atomic E-state index is 12.3. The van der Waals surface area contributed by atoms with Gasteiger partial charge in [0.1, 0.15) is 5.49 Å². The highest BCUT2D eigenvalue weighted by atomic mass is 16.7. The fourth-order valence-electron chi connectivity index (χ4n) is 2.95. The Balaban J connectivity index is 1.43. The number of ether oxygens (including phenoxy) is 2. The van der Waals surface area contributed by atoms with E-state index in [9.17, 15) is 9.59 Å². The van der Waals surface area contributed by atoms with Crippen molar-refractivity contribution in [2.75, 3.05) is 13.3 Å². The quantitative estimate of drug-likeness (QED) is 0.725. The minimum atomic E-state index is -0.438. The van der Waals surface area contributed by atoms with Gasteiger partial charge in [0.05, 0.1) is 6.54 Å².